The van der Waals surface area contributed by atoms with E-state index in [1.807, 2.05) is 42.7 Å². The van der Waals surface area contributed by atoms with Crippen LogP contribution in [0.1, 0.15) is 32.9 Å². The average Bonchev–Trinajstić information content (AvgIpc) is 2.95. The topological polar surface area (TPSA) is 68.2 Å². The molecule has 1 N–H and O–H groups in total. The number of nitrogens with zero attached hydrogens (tertiary/aromatic N) is 1. The van der Waals surface area contributed by atoms with Gasteiger partial charge < -0.3 is 9.88 Å². The van der Waals surface area contributed by atoms with Crippen molar-refractivity contribution in [1.29, 1.82) is 0 Å². The van der Waals surface area contributed by atoms with Crippen molar-refractivity contribution in [3.8, 4) is 5.69 Å². The molecule has 0 bridgehead atoms. The van der Waals surface area contributed by atoms with Crippen LogP contribution in [0.4, 0.5) is 18.9 Å². The number of alkyl halides is 3. The van der Waals surface area contributed by atoms with Crippen molar-refractivity contribution in [3.05, 3.63) is 76.6 Å². The van der Waals surface area contributed by atoms with Crippen molar-refractivity contribution >= 4 is 21.4 Å². The Hall–Kier alpha value is -3.07. The molecule has 5 nitrogen and oxygen atoms in total. The van der Waals surface area contributed by atoms with Crippen molar-refractivity contribution in [2.45, 2.75) is 31.8 Å². The monoisotopic (exact) mass is 450 g/mol. The summed E-state index contributed by atoms with van der Waals surface area (Å²) < 4.78 is 65.5. The van der Waals surface area contributed by atoms with Crippen LogP contribution in [-0.4, -0.2) is 25.1 Å². The maximum Gasteiger partial charge on any atom is 0.417 e. The highest BCUT2D eigenvalue weighted by atomic mass is 32.2. The Kier molecular flexibility index (Phi) is 5.75. The van der Waals surface area contributed by atoms with Crippen LogP contribution in [0.5, 0.6) is 0 Å². The minimum Gasteiger partial charge on any atom is -0.322 e. The molecule has 0 aliphatic carbocycles. The summed E-state index contributed by atoms with van der Waals surface area (Å²) in [5.41, 5.74) is 2.16. The Bertz CT molecular complexity index is 1280. The number of carbonyl (C=O) groups is 1. The number of sulfone groups is 1. The molecule has 0 saturated heterocycles. The number of aryl methyl sites for hydroxylation is 2. The Labute approximate surface area is 178 Å². The van der Waals surface area contributed by atoms with Crippen molar-refractivity contribution in [1.82, 2.24) is 4.57 Å². The van der Waals surface area contributed by atoms with Gasteiger partial charge in [0.25, 0.3) is 5.91 Å². The molecule has 0 radical (unpaired) electrons. The lowest BCUT2D eigenvalue weighted by Crippen LogP contribution is -2.16. The van der Waals surface area contributed by atoms with Gasteiger partial charge in [-0.15, -0.1) is 0 Å². The van der Waals surface area contributed by atoms with Gasteiger partial charge in [0.05, 0.1) is 16.0 Å². The smallest absolute Gasteiger partial charge is 0.322 e. The van der Waals surface area contributed by atoms with Gasteiger partial charge >= 0.3 is 6.18 Å². The van der Waals surface area contributed by atoms with Crippen molar-refractivity contribution in [2.75, 3.05) is 11.6 Å². The van der Waals surface area contributed by atoms with E-state index in [-0.39, 0.29) is 5.69 Å². The van der Waals surface area contributed by atoms with E-state index in [0.717, 1.165) is 29.1 Å². The predicted molar refractivity (Wildman–Crippen MR) is 112 cm³/mol. The molecule has 1 aromatic heterocycles. The van der Waals surface area contributed by atoms with Crippen molar-refractivity contribution in [2.24, 2.45) is 0 Å². The highest BCUT2D eigenvalue weighted by Gasteiger charge is 2.36. The third-order valence-electron chi connectivity index (χ3n) is 4.97. The van der Waals surface area contributed by atoms with E-state index < -0.39 is 32.4 Å². The van der Waals surface area contributed by atoms with Crippen molar-refractivity contribution in [3.63, 3.8) is 0 Å². The fraction of sp³-hybridized carbons (Fsp3) is 0.227. The number of halogens is 3. The molecule has 31 heavy (non-hydrogen) atoms. The summed E-state index contributed by atoms with van der Waals surface area (Å²) in [7, 11) is -4.09. The first-order valence-corrected chi connectivity index (χ1v) is 11.2. The second kappa shape index (κ2) is 7.88. The molecular formula is C22H21F3N2O3S. The fourth-order valence-corrected chi connectivity index (χ4v) is 4.42. The Morgan fingerprint density at radius 2 is 1.65 bits per heavy atom. The van der Waals surface area contributed by atoms with Gasteiger partial charge in [-0.3, -0.25) is 4.79 Å². The van der Waals surface area contributed by atoms with E-state index in [0.29, 0.717) is 23.6 Å². The number of aromatic nitrogens is 1. The van der Waals surface area contributed by atoms with E-state index in [9.17, 15) is 26.4 Å². The molecule has 0 fully saturated rings. The molecule has 0 spiro atoms. The summed E-state index contributed by atoms with van der Waals surface area (Å²) in [6.45, 7) is 5.52. The van der Waals surface area contributed by atoms with Crippen LogP contribution < -0.4 is 5.32 Å². The third kappa shape index (κ3) is 4.51. The zero-order valence-corrected chi connectivity index (χ0v) is 18.1. The van der Waals surface area contributed by atoms with Gasteiger partial charge in [0.2, 0.25) is 0 Å². The number of hydrogen-bond acceptors (Lipinski definition) is 3. The molecule has 3 aromatic rings. The van der Waals surface area contributed by atoms with Crippen LogP contribution in [0, 0.1) is 20.8 Å². The van der Waals surface area contributed by atoms with Crippen LogP contribution in [0.25, 0.3) is 5.69 Å². The molecule has 2 aromatic carbocycles. The normalized spacial score (nSPS) is 12.1. The minimum absolute atomic E-state index is 0.148. The number of rotatable bonds is 4. The van der Waals surface area contributed by atoms with Gasteiger partial charge in [-0.25, -0.2) is 8.42 Å². The van der Waals surface area contributed by atoms with E-state index in [2.05, 4.69) is 5.32 Å². The molecule has 164 valence electrons. The standard InChI is InChI=1S/C22H21F3N2O3S/c1-13-7-5-6-8-19(13)27-14(2)11-17(15(27)3)21(28)26-16-9-10-20(31(4,29)30)18(12-16)22(23,24)25/h5-12H,1-4H3,(H,26,28). The Morgan fingerprint density at radius 1 is 1.00 bits per heavy atom. The van der Waals surface area contributed by atoms with Crippen LogP contribution in [0.2, 0.25) is 0 Å². The zero-order chi connectivity index (χ0) is 23.1. The summed E-state index contributed by atoms with van der Waals surface area (Å²) >= 11 is 0. The summed E-state index contributed by atoms with van der Waals surface area (Å²) in [4.78, 5) is 12.0. The Balaban J connectivity index is 2.00. The van der Waals surface area contributed by atoms with Gasteiger partial charge in [0, 0.05) is 29.0 Å². The number of hydrogen-bond donors (Lipinski definition) is 1. The summed E-state index contributed by atoms with van der Waals surface area (Å²) in [5, 5.41) is 2.45. The summed E-state index contributed by atoms with van der Waals surface area (Å²) in [5.74, 6) is -0.590. The molecule has 3 rings (SSSR count). The molecule has 1 heterocycles. The van der Waals surface area contributed by atoms with Gasteiger partial charge in [-0.1, -0.05) is 18.2 Å². The molecule has 0 saturated carbocycles. The lowest BCUT2D eigenvalue weighted by atomic mass is 10.1. The van der Waals surface area contributed by atoms with Crippen molar-refractivity contribution < 1.29 is 26.4 Å². The van der Waals surface area contributed by atoms with Crippen LogP contribution in [-0.2, 0) is 16.0 Å². The molecular weight excluding hydrogens is 429 g/mol. The Morgan fingerprint density at radius 3 is 2.23 bits per heavy atom. The molecule has 0 unspecified atom stereocenters. The highest BCUT2D eigenvalue weighted by molar-refractivity contribution is 7.90. The van der Waals surface area contributed by atoms with Crippen LogP contribution >= 0.6 is 0 Å². The van der Waals surface area contributed by atoms with E-state index >= 15 is 0 Å². The number of carbonyl (C=O) groups excluding carboxylic acids is 1. The quantitative estimate of drug-likeness (QED) is 0.603. The maximum atomic E-state index is 13.4. The lowest BCUT2D eigenvalue weighted by molar-refractivity contribution is -0.139. The molecule has 1 amide bonds. The average molecular weight is 450 g/mol. The van der Waals surface area contributed by atoms with Crippen LogP contribution in [0.15, 0.2) is 53.4 Å². The summed E-state index contributed by atoms with van der Waals surface area (Å²) in [6.07, 6.45) is -4.18. The van der Waals surface area contributed by atoms with E-state index in [4.69, 9.17) is 0 Å². The summed E-state index contributed by atoms with van der Waals surface area (Å²) in [6, 6.07) is 11.9. The molecule has 0 aliphatic rings. The van der Waals surface area contributed by atoms with Gasteiger partial charge in [-0.2, -0.15) is 13.2 Å². The second-order valence-electron chi connectivity index (χ2n) is 7.34. The second-order valence-corrected chi connectivity index (χ2v) is 9.33. The van der Waals surface area contributed by atoms with E-state index in [1.54, 1.807) is 13.0 Å². The minimum atomic E-state index is -4.89. The number of benzene rings is 2. The molecule has 9 heteroatoms. The number of amides is 1. The SMILES string of the molecule is Cc1ccccc1-n1c(C)cc(C(=O)Nc2ccc(S(C)(=O)=O)c(C(F)(F)F)c2)c1C. The highest BCUT2D eigenvalue weighted by Crippen LogP contribution is 2.36. The first-order chi connectivity index (χ1) is 14.3. The lowest BCUT2D eigenvalue weighted by Gasteiger charge is -2.14. The fourth-order valence-electron chi connectivity index (χ4n) is 3.53. The van der Waals surface area contributed by atoms with Gasteiger partial charge in [0.15, 0.2) is 9.84 Å². The van der Waals surface area contributed by atoms with E-state index in [1.165, 1.54) is 0 Å². The molecule has 0 atom stereocenters. The maximum absolute atomic E-state index is 13.4. The van der Waals surface area contributed by atoms with Gasteiger partial charge in [0.1, 0.15) is 0 Å². The first-order valence-electron chi connectivity index (χ1n) is 9.28. The van der Waals surface area contributed by atoms with Crippen LogP contribution in [0.3, 0.4) is 0 Å². The number of nitrogens with one attached hydrogen (secondary N) is 1. The zero-order valence-electron chi connectivity index (χ0n) is 17.3. The first kappa shape index (κ1) is 22.6. The number of para-hydroxylation sites is 1. The van der Waals surface area contributed by atoms with Gasteiger partial charge in [-0.05, 0) is 56.7 Å². The predicted octanol–water partition coefficient (Wildman–Crippen LogP) is 5.08. The molecule has 0 aliphatic heterocycles. The largest absolute Gasteiger partial charge is 0.417 e. The third-order valence-corrected chi connectivity index (χ3v) is 6.13. The number of anilines is 1.